The summed E-state index contributed by atoms with van der Waals surface area (Å²) in [6, 6.07) is 8.32. The number of thiophene rings is 1. The van der Waals surface area contributed by atoms with Crippen molar-refractivity contribution in [2.45, 2.75) is 6.92 Å². The third kappa shape index (κ3) is 3.78. The number of hydrogen-bond acceptors (Lipinski definition) is 6. The summed E-state index contributed by atoms with van der Waals surface area (Å²) in [5, 5.41) is 3.83. The first-order valence-electron chi connectivity index (χ1n) is 6.29. The fourth-order valence-electron chi connectivity index (χ4n) is 1.68. The lowest BCUT2D eigenvalue weighted by atomic mass is 10.2. The van der Waals surface area contributed by atoms with E-state index in [9.17, 15) is 4.79 Å². The van der Waals surface area contributed by atoms with Crippen LogP contribution in [0, 0.1) is 0 Å². The first-order chi connectivity index (χ1) is 10.5. The highest BCUT2D eigenvalue weighted by molar-refractivity contribution is 7.18. The number of carbonyl (C=O) groups excluding carboxylic acids is 1. The molecule has 22 heavy (non-hydrogen) atoms. The van der Waals surface area contributed by atoms with E-state index in [1.165, 1.54) is 31.6 Å². The SMILES string of the molecule is COc1ccc(C(=O)O/N=C(\C)c2ccc(Cl)s2)cc1OC. The Labute approximate surface area is 137 Å². The molecule has 0 amide bonds. The molecular formula is C15H14ClNO4S. The Morgan fingerprint density at radius 1 is 1.14 bits per heavy atom. The highest BCUT2D eigenvalue weighted by Gasteiger charge is 2.12. The average molecular weight is 340 g/mol. The van der Waals surface area contributed by atoms with Gasteiger partial charge in [0.25, 0.3) is 0 Å². The standard InChI is InChI=1S/C15H14ClNO4S/c1-9(13-6-7-14(16)22-13)17-21-15(18)10-4-5-11(19-2)12(8-10)20-3/h4-8H,1-3H3/b17-9+. The maximum Gasteiger partial charge on any atom is 0.365 e. The van der Waals surface area contributed by atoms with Gasteiger partial charge in [-0.05, 0) is 37.3 Å². The van der Waals surface area contributed by atoms with Crippen molar-refractivity contribution in [3.63, 3.8) is 0 Å². The molecule has 2 rings (SSSR count). The fourth-order valence-corrected chi connectivity index (χ4v) is 2.66. The second kappa shape index (κ2) is 7.29. The fraction of sp³-hybridized carbons (Fsp3) is 0.200. The lowest BCUT2D eigenvalue weighted by Crippen LogP contribution is -2.04. The highest BCUT2D eigenvalue weighted by atomic mass is 35.5. The number of hydrogen-bond donors (Lipinski definition) is 0. The van der Waals surface area contributed by atoms with E-state index in [1.54, 1.807) is 25.1 Å². The zero-order valence-corrected chi connectivity index (χ0v) is 13.8. The molecule has 0 aliphatic rings. The van der Waals surface area contributed by atoms with E-state index < -0.39 is 5.97 Å². The van der Waals surface area contributed by atoms with Crippen LogP contribution >= 0.6 is 22.9 Å². The van der Waals surface area contributed by atoms with Crippen molar-refractivity contribution in [2.24, 2.45) is 5.16 Å². The molecule has 0 saturated carbocycles. The summed E-state index contributed by atoms with van der Waals surface area (Å²) in [4.78, 5) is 17.8. The molecule has 7 heteroatoms. The molecule has 1 aromatic carbocycles. The molecule has 0 N–H and O–H groups in total. The molecule has 116 valence electrons. The topological polar surface area (TPSA) is 57.1 Å². The monoisotopic (exact) mass is 339 g/mol. The van der Waals surface area contributed by atoms with E-state index in [0.717, 1.165) is 4.88 Å². The van der Waals surface area contributed by atoms with Crippen molar-refractivity contribution in [3.8, 4) is 11.5 Å². The summed E-state index contributed by atoms with van der Waals surface area (Å²) in [5.74, 6) is 0.401. The first kappa shape index (κ1) is 16.3. The van der Waals surface area contributed by atoms with Gasteiger partial charge in [-0.1, -0.05) is 16.8 Å². The zero-order valence-electron chi connectivity index (χ0n) is 12.3. The second-order valence-corrected chi connectivity index (χ2v) is 5.94. The van der Waals surface area contributed by atoms with Crippen molar-refractivity contribution < 1.29 is 19.1 Å². The van der Waals surface area contributed by atoms with Crippen LogP contribution < -0.4 is 9.47 Å². The number of ether oxygens (including phenoxy) is 2. The Kier molecular flexibility index (Phi) is 5.41. The number of carbonyl (C=O) groups is 1. The van der Waals surface area contributed by atoms with Gasteiger partial charge in [-0.3, -0.25) is 0 Å². The van der Waals surface area contributed by atoms with Gasteiger partial charge in [0.1, 0.15) is 0 Å². The zero-order chi connectivity index (χ0) is 16.1. The van der Waals surface area contributed by atoms with Gasteiger partial charge in [-0.15, -0.1) is 11.3 Å². The van der Waals surface area contributed by atoms with E-state index in [4.69, 9.17) is 25.9 Å². The average Bonchev–Trinajstić information content (AvgIpc) is 2.98. The molecule has 5 nitrogen and oxygen atoms in total. The van der Waals surface area contributed by atoms with Crippen LogP contribution in [-0.2, 0) is 4.84 Å². The van der Waals surface area contributed by atoms with Crippen molar-refractivity contribution in [3.05, 3.63) is 45.1 Å². The molecule has 1 aromatic heterocycles. The quantitative estimate of drug-likeness (QED) is 0.469. The van der Waals surface area contributed by atoms with Gasteiger partial charge in [0.05, 0.1) is 34.7 Å². The van der Waals surface area contributed by atoms with Crippen LogP contribution in [0.2, 0.25) is 4.34 Å². The summed E-state index contributed by atoms with van der Waals surface area (Å²) < 4.78 is 10.9. The summed E-state index contributed by atoms with van der Waals surface area (Å²) in [6.07, 6.45) is 0. The lowest BCUT2D eigenvalue weighted by Gasteiger charge is -2.08. The van der Waals surface area contributed by atoms with Gasteiger partial charge in [-0.2, -0.15) is 0 Å². The molecule has 0 aliphatic heterocycles. The van der Waals surface area contributed by atoms with Gasteiger partial charge >= 0.3 is 5.97 Å². The molecular weight excluding hydrogens is 326 g/mol. The predicted molar refractivity (Wildman–Crippen MR) is 86.5 cm³/mol. The van der Waals surface area contributed by atoms with E-state index in [1.807, 2.05) is 6.07 Å². The van der Waals surface area contributed by atoms with Crippen molar-refractivity contribution >= 4 is 34.6 Å². The third-order valence-corrected chi connectivity index (χ3v) is 4.15. The number of benzene rings is 1. The van der Waals surface area contributed by atoms with Gasteiger partial charge < -0.3 is 14.3 Å². The molecule has 1 heterocycles. The molecule has 0 radical (unpaired) electrons. The van der Waals surface area contributed by atoms with Crippen LogP contribution in [-0.4, -0.2) is 25.9 Å². The lowest BCUT2D eigenvalue weighted by molar-refractivity contribution is 0.0516. The number of rotatable bonds is 5. The summed E-state index contributed by atoms with van der Waals surface area (Å²) >= 11 is 7.22. The maximum atomic E-state index is 12.0. The first-order valence-corrected chi connectivity index (χ1v) is 7.48. The molecule has 0 saturated heterocycles. The summed E-state index contributed by atoms with van der Waals surface area (Å²) in [6.45, 7) is 1.74. The van der Waals surface area contributed by atoms with E-state index in [-0.39, 0.29) is 0 Å². The molecule has 0 atom stereocenters. The smallest absolute Gasteiger partial charge is 0.365 e. The van der Waals surface area contributed by atoms with Gasteiger partial charge in [0, 0.05) is 0 Å². The Bertz CT molecular complexity index is 711. The van der Waals surface area contributed by atoms with Crippen LogP contribution in [0.5, 0.6) is 11.5 Å². The molecule has 0 fully saturated rings. The van der Waals surface area contributed by atoms with Crippen molar-refractivity contribution in [1.29, 1.82) is 0 Å². The van der Waals surface area contributed by atoms with Crippen LogP contribution in [0.3, 0.4) is 0 Å². The Morgan fingerprint density at radius 2 is 1.86 bits per heavy atom. The van der Waals surface area contributed by atoms with Crippen LogP contribution in [0.1, 0.15) is 22.2 Å². The van der Waals surface area contributed by atoms with Gasteiger partial charge in [0.15, 0.2) is 11.5 Å². The molecule has 0 spiro atoms. The van der Waals surface area contributed by atoms with Crippen molar-refractivity contribution in [1.82, 2.24) is 0 Å². The Balaban J connectivity index is 2.12. The highest BCUT2D eigenvalue weighted by Crippen LogP contribution is 2.28. The van der Waals surface area contributed by atoms with Crippen LogP contribution in [0.25, 0.3) is 0 Å². The van der Waals surface area contributed by atoms with E-state index in [2.05, 4.69) is 5.16 Å². The molecule has 0 bridgehead atoms. The second-order valence-electron chi connectivity index (χ2n) is 4.23. The molecule has 2 aromatic rings. The van der Waals surface area contributed by atoms with E-state index >= 15 is 0 Å². The van der Waals surface area contributed by atoms with Gasteiger partial charge in [0.2, 0.25) is 0 Å². The maximum absolute atomic E-state index is 12.0. The minimum absolute atomic E-state index is 0.318. The van der Waals surface area contributed by atoms with Crippen LogP contribution in [0.4, 0.5) is 0 Å². The Morgan fingerprint density at radius 3 is 2.45 bits per heavy atom. The van der Waals surface area contributed by atoms with Crippen molar-refractivity contribution in [2.75, 3.05) is 14.2 Å². The minimum Gasteiger partial charge on any atom is -0.493 e. The summed E-state index contributed by atoms with van der Waals surface area (Å²) in [5.41, 5.74) is 0.893. The normalized spacial score (nSPS) is 11.2. The Hall–Kier alpha value is -2.05. The number of nitrogens with zero attached hydrogens (tertiary/aromatic N) is 1. The molecule has 0 aliphatic carbocycles. The number of methoxy groups -OCH3 is 2. The molecule has 0 unspecified atom stereocenters. The largest absolute Gasteiger partial charge is 0.493 e. The van der Waals surface area contributed by atoms with Gasteiger partial charge in [-0.25, -0.2) is 4.79 Å². The van der Waals surface area contributed by atoms with E-state index in [0.29, 0.717) is 27.1 Å². The number of halogens is 1. The number of oxime groups is 1. The summed E-state index contributed by atoms with van der Waals surface area (Å²) in [7, 11) is 3.02. The van der Waals surface area contributed by atoms with Crippen LogP contribution in [0.15, 0.2) is 35.5 Å². The minimum atomic E-state index is -0.581. The predicted octanol–water partition coefficient (Wildman–Crippen LogP) is 4.00. The third-order valence-electron chi connectivity index (χ3n) is 2.81.